The second-order valence-electron chi connectivity index (χ2n) is 7.89. The molecule has 0 saturated carbocycles. The van der Waals surface area contributed by atoms with E-state index in [2.05, 4.69) is 39.0 Å². The third-order valence-corrected chi connectivity index (χ3v) is 5.81. The van der Waals surface area contributed by atoms with Crippen LogP contribution in [0.1, 0.15) is 40.2 Å². The number of carbonyl (C=O) groups is 1. The summed E-state index contributed by atoms with van der Waals surface area (Å²) in [6, 6.07) is 14.2. The van der Waals surface area contributed by atoms with E-state index in [0.29, 0.717) is 25.3 Å². The van der Waals surface area contributed by atoms with Gasteiger partial charge in [-0.3, -0.25) is 4.79 Å². The van der Waals surface area contributed by atoms with Gasteiger partial charge in [0, 0.05) is 36.3 Å². The van der Waals surface area contributed by atoms with Crippen molar-refractivity contribution in [3.63, 3.8) is 0 Å². The summed E-state index contributed by atoms with van der Waals surface area (Å²) in [7, 11) is 0. The monoisotopic (exact) mass is 445 g/mol. The van der Waals surface area contributed by atoms with Crippen molar-refractivity contribution < 1.29 is 27.2 Å². The van der Waals surface area contributed by atoms with Crippen molar-refractivity contribution in [2.45, 2.75) is 31.4 Å². The Balaban J connectivity index is 1.53. The van der Waals surface area contributed by atoms with Crippen LogP contribution in [0.25, 0.3) is 11.4 Å². The second kappa shape index (κ2) is 8.74. The molecule has 1 saturated heterocycles. The number of benzene rings is 2. The lowest BCUT2D eigenvalue weighted by Gasteiger charge is -2.39. The first-order chi connectivity index (χ1) is 15.3. The Morgan fingerprint density at radius 2 is 1.88 bits per heavy atom. The van der Waals surface area contributed by atoms with Gasteiger partial charge in [-0.1, -0.05) is 41.6 Å². The number of carbonyl (C=O) groups excluding carboxylic acids is 1. The number of hydrogen-bond acceptors (Lipinski definition) is 5. The van der Waals surface area contributed by atoms with E-state index < -0.39 is 12.1 Å². The fraction of sp³-hybridized carbons (Fsp3) is 0.348. The van der Waals surface area contributed by atoms with Gasteiger partial charge in [0.2, 0.25) is 5.82 Å². The van der Waals surface area contributed by atoms with E-state index in [1.54, 1.807) is 12.1 Å². The Morgan fingerprint density at radius 1 is 1.12 bits per heavy atom. The summed E-state index contributed by atoms with van der Waals surface area (Å²) in [5.41, 5.74) is 2.66. The zero-order valence-electron chi connectivity index (χ0n) is 17.4. The highest BCUT2D eigenvalue weighted by atomic mass is 19.4. The lowest BCUT2D eigenvalue weighted by atomic mass is 9.72. The molecule has 1 aliphatic rings. The number of rotatable bonds is 5. The van der Waals surface area contributed by atoms with E-state index in [1.165, 1.54) is 17.7 Å². The molecule has 32 heavy (non-hydrogen) atoms. The van der Waals surface area contributed by atoms with E-state index in [0.717, 1.165) is 18.4 Å². The van der Waals surface area contributed by atoms with Gasteiger partial charge < -0.3 is 14.6 Å². The molecular weight excluding hydrogens is 423 g/mol. The Bertz CT molecular complexity index is 1100. The molecule has 0 unspecified atom stereocenters. The summed E-state index contributed by atoms with van der Waals surface area (Å²) in [5.74, 6) is -1.99. The number of amides is 1. The normalized spacial score (nSPS) is 16.0. The van der Waals surface area contributed by atoms with Gasteiger partial charge in [-0.2, -0.15) is 18.2 Å². The molecule has 0 spiro atoms. The quantitative estimate of drug-likeness (QED) is 0.624. The molecule has 0 aliphatic carbocycles. The third-order valence-electron chi connectivity index (χ3n) is 5.81. The molecule has 9 heteroatoms. The Kier molecular flexibility index (Phi) is 6.01. The summed E-state index contributed by atoms with van der Waals surface area (Å²) in [4.78, 5) is 16.3. The number of alkyl halides is 3. The van der Waals surface area contributed by atoms with Crippen LogP contribution in [0.15, 0.2) is 53.1 Å². The summed E-state index contributed by atoms with van der Waals surface area (Å²) < 4.78 is 48.0. The van der Waals surface area contributed by atoms with E-state index in [1.807, 2.05) is 12.1 Å². The predicted molar refractivity (Wildman–Crippen MR) is 110 cm³/mol. The number of ether oxygens (including phenoxy) is 1. The Morgan fingerprint density at radius 3 is 2.56 bits per heavy atom. The molecule has 2 heterocycles. The number of hydrogen-bond donors (Lipinski definition) is 1. The van der Waals surface area contributed by atoms with Gasteiger partial charge in [-0.25, -0.2) is 0 Å². The first-order valence-corrected chi connectivity index (χ1v) is 10.2. The topological polar surface area (TPSA) is 77.3 Å². The zero-order valence-corrected chi connectivity index (χ0v) is 17.4. The van der Waals surface area contributed by atoms with Crippen molar-refractivity contribution in [2.75, 3.05) is 19.8 Å². The van der Waals surface area contributed by atoms with Gasteiger partial charge in [0.15, 0.2) is 0 Å². The smallest absolute Gasteiger partial charge is 0.381 e. The van der Waals surface area contributed by atoms with Crippen LogP contribution < -0.4 is 5.32 Å². The molecule has 0 atom stereocenters. The fourth-order valence-electron chi connectivity index (χ4n) is 4.08. The highest BCUT2D eigenvalue weighted by Gasteiger charge is 2.39. The van der Waals surface area contributed by atoms with Crippen molar-refractivity contribution in [2.24, 2.45) is 0 Å². The van der Waals surface area contributed by atoms with Crippen LogP contribution in [0.2, 0.25) is 0 Å². The minimum Gasteiger partial charge on any atom is -0.381 e. The van der Waals surface area contributed by atoms with Gasteiger partial charge >= 0.3 is 12.1 Å². The summed E-state index contributed by atoms with van der Waals surface area (Å²) >= 11 is 0. The fourth-order valence-corrected chi connectivity index (χ4v) is 4.08. The van der Waals surface area contributed by atoms with Crippen molar-refractivity contribution in [1.82, 2.24) is 15.5 Å². The van der Waals surface area contributed by atoms with Crippen LogP contribution in [0, 0.1) is 6.92 Å². The van der Waals surface area contributed by atoms with Gasteiger partial charge in [0.25, 0.3) is 5.91 Å². The van der Waals surface area contributed by atoms with Gasteiger partial charge in [0.1, 0.15) is 0 Å². The van der Waals surface area contributed by atoms with Crippen molar-refractivity contribution in [3.8, 4) is 11.4 Å². The molecule has 2 aromatic carbocycles. The number of nitrogens with one attached hydrogen (secondary N) is 1. The van der Waals surface area contributed by atoms with Crippen LogP contribution in [0.3, 0.4) is 0 Å². The second-order valence-corrected chi connectivity index (χ2v) is 7.89. The maximum absolute atomic E-state index is 12.9. The van der Waals surface area contributed by atoms with E-state index in [-0.39, 0.29) is 22.7 Å². The standard InChI is InChI=1S/C23H22F3N3O3/c1-15-5-2-3-8-18(15)22(9-11-31-12-10-22)14-27-20(30)17-7-4-6-16(13-17)19-28-21(32-29-19)23(24,25)26/h2-8,13H,9-12,14H2,1H3,(H,27,30). The molecule has 0 radical (unpaired) electrons. The van der Waals surface area contributed by atoms with Crippen LogP contribution in [0.5, 0.6) is 0 Å². The van der Waals surface area contributed by atoms with E-state index >= 15 is 0 Å². The summed E-state index contributed by atoms with van der Waals surface area (Å²) in [6.07, 6.45) is -3.17. The lowest BCUT2D eigenvalue weighted by molar-refractivity contribution is -0.159. The predicted octanol–water partition coefficient (Wildman–Crippen LogP) is 4.54. The number of aryl methyl sites for hydroxylation is 1. The minimum atomic E-state index is -4.73. The molecule has 1 amide bonds. The zero-order chi connectivity index (χ0) is 22.8. The Labute approximate surface area is 182 Å². The Hall–Kier alpha value is -3.20. The highest BCUT2D eigenvalue weighted by Crippen LogP contribution is 2.36. The first-order valence-electron chi connectivity index (χ1n) is 10.2. The molecular formula is C23H22F3N3O3. The molecule has 4 rings (SSSR count). The summed E-state index contributed by atoms with van der Waals surface area (Å²) in [5, 5.41) is 6.39. The van der Waals surface area contributed by atoms with Crippen LogP contribution in [0.4, 0.5) is 13.2 Å². The molecule has 0 bridgehead atoms. The van der Waals surface area contributed by atoms with E-state index in [9.17, 15) is 18.0 Å². The molecule has 168 valence electrons. The summed E-state index contributed by atoms with van der Waals surface area (Å²) in [6.45, 7) is 3.70. The van der Waals surface area contributed by atoms with Crippen molar-refractivity contribution in [3.05, 3.63) is 71.1 Å². The maximum atomic E-state index is 12.9. The number of halogens is 3. The largest absolute Gasteiger partial charge is 0.471 e. The molecule has 3 aromatic rings. The van der Waals surface area contributed by atoms with Crippen LogP contribution >= 0.6 is 0 Å². The molecule has 1 fully saturated rings. The van der Waals surface area contributed by atoms with Crippen molar-refractivity contribution >= 4 is 5.91 Å². The molecule has 1 aromatic heterocycles. The number of aromatic nitrogens is 2. The van der Waals surface area contributed by atoms with Gasteiger partial charge in [0.05, 0.1) is 0 Å². The molecule has 6 nitrogen and oxygen atoms in total. The van der Waals surface area contributed by atoms with Crippen LogP contribution in [-0.4, -0.2) is 35.8 Å². The van der Waals surface area contributed by atoms with Crippen molar-refractivity contribution in [1.29, 1.82) is 0 Å². The minimum absolute atomic E-state index is 0.229. The lowest BCUT2D eigenvalue weighted by Crippen LogP contribution is -2.45. The third kappa shape index (κ3) is 4.52. The average molecular weight is 445 g/mol. The maximum Gasteiger partial charge on any atom is 0.471 e. The highest BCUT2D eigenvalue weighted by molar-refractivity contribution is 5.95. The molecule has 1 aliphatic heterocycles. The SMILES string of the molecule is Cc1ccccc1C1(CNC(=O)c2cccc(-c3noc(C(F)(F)F)n3)c2)CCOCC1. The van der Waals surface area contributed by atoms with Crippen LogP contribution in [-0.2, 0) is 16.3 Å². The van der Waals surface area contributed by atoms with Gasteiger partial charge in [-0.15, -0.1) is 0 Å². The first kappa shape index (κ1) is 22.0. The van der Waals surface area contributed by atoms with E-state index in [4.69, 9.17) is 4.74 Å². The molecule has 1 N–H and O–H groups in total. The average Bonchev–Trinajstić information content (AvgIpc) is 3.30. The number of nitrogens with zero attached hydrogens (tertiary/aromatic N) is 2. The van der Waals surface area contributed by atoms with Gasteiger partial charge in [-0.05, 0) is 43.0 Å².